The lowest BCUT2D eigenvalue weighted by atomic mass is 9.83. The molecule has 2 heteroatoms. The minimum Gasteiger partial charge on any atom is -0.207 e. The van der Waals surface area contributed by atoms with Gasteiger partial charge in [0.1, 0.15) is 5.82 Å². The highest BCUT2D eigenvalue weighted by Gasteiger charge is 2.19. The lowest BCUT2D eigenvalue weighted by Gasteiger charge is -2.24. The Morgan fingerprint density at radius 3 is 2.39 bits per heavy atom. The second kappa shape index (κ2) is 6.06. The number of hydrogen-bond acceptors (Lipinski definition) is 0. The average Bonchev–Trinajstić information content (AvgIpc) is 2.18. The van der Waals surface area contributed by atoms with Crippen LogP contribution >= 0.6 is 11.6 Å². The molecule has 1 aromatic carbocycles. The van der Waals surface area contributed by atoms with Crippen LogP contribution in [0.25, 0.3) is 0 Å². The van der Waals surface area contributed by atoms with Gasteiger partial charge in [-0.3, -0.25) is 0 Å². The molecular formula is C16H24ClF. The minimum absolute atomic E-state index is 0.0263. The molecule has 0 N–H and O–H groups in total. The number of hydrogen-bond donors (Lipinski definition) is 0. The van der Waals surface area contributed by atoms with Crippen molar-refractivity contribution in [2.75, 3.05) is 0 Å². The first kappa shape index (κ1) is 15.5. The van der Waals surface area contributed by atoms with Crippen LogP contribution in [0.1, 0.15) is 57.0 Å². The summed E-state index contributed by atoms with van der Waals surface area (Å²) in [4.78, 5) is 0. The van der Waals surface area contributed by atoms with E-state index in [0.29, 0.717) is 16.9 Å². The number of halogens is 2. The number of rotatable bonds is 4. The molecule has 0 saturated heterocycles. The SMILES string of the molecule is Cc1cc(C(Cl)CC(C)CC(C)(C)C)ccc1F. The first-order valence-corrected chi connectivity index (χ1v) is 7.03. The maximum absolute atomic E-state index is 13.2. The molecule has 0 heterocycles. The van der Waals surface area contributed by atoms with Gasteiger partial charge in [-0.2, -0.15) is 0 Å². The molecule has 0 amide bonds. The van der Waals surface area contributed by atoms with Crippen molar-refractivity contribution in [3.8, 4) is 0 Å². The molecule has 102 valence electrons. The molecule has 2 unspecified atom stereocenters. The molecule has 0 aliphatic rings. The van der Waals surface area contributed by atoms with Crippen LogP contribution in [-0.4, -0.2) is 0 Å². The first-order valence-electron chi connectivity index (χ1n) is 6.59. The summed E-state index contributed by atoms with van der Waals surface area (Å²) >= 11 is 6.43. The maximum Gasteiger partial charge on any atom is 0.126 e. The Kier molecular flexibility index (Phi) is 5.21. The molecule has 0 spiro atoms. The van der Waals surface area contributed by atoms with Gasteiger partial charge in [0.15, 0.2) is 0 Å². The van der Waals surface area contributed by atoms with E-state index in [0.717, 1.165) is 18.4 Å². The molecule has 18 heavy (non-hydrogen) atoms. The van der Waals surface area contributed by atoms with Crippen LogP contribution in [-0.2, 0) is 0 Å². The standard InChI is InChI=1S/C16H24ClF/c1-11(10-16(3,4)5)8-14(17)13-6-7-15(18)12(2)9-13/h6-7,9,11,14H,8,10H2,1-5H3. The largest absolute Gasteiger partial charge is 0.207 e. The van der Waals surface area contributed by atoms with Crippen LogP contribution in [0.2, 0.25) is 0 Å². The van der Waals surface area contributed by atoms with Crippen molar-refractivity contribution in [3.05, 3.63) is 35.1 Å². The molecule has 1 aromatic rings. The van der Waals surface area contributed by atoms with E-state index in [-0.39, 0.29) is 11.2 Å². The van der Waals surface area contributed by atoms with Crippen molar-refractivity contribution in [1.29, 1.82) is 0 Å². The summed E-state index contributed by atoms with van der Waals surface area (Å²) < 4.78 is 13.2. The highest BCUT2D eigenvalue weighted by molar-refractivity contribution is 6.20. The quantitative estimate of drug-likeness (QED) is 0.600. The summed E-state index contributed by atoms with van der Waals surface area (Å²) in [5.41, 5.74) is 2.02. The Balaban J connectivity index is 2.64. The van der Waals surface area contributed by atoms with E-state index >= 15 is 0 Å². The van der Waals surface area contributed by atoms with E-state index in [4.69, 9.17) is 11.6 Å². The Morgan fingerprint density at radius 1 is 1.28 bits per heavy atom. The summed E-state index contributed by atoms with van der Waals surface area (Å²) in [6, 6.07) is 5.16. The maximum atomic E-state index is 13.2. The van der Waals surface area contributed by atoms with E-state index < -0.39 is 0 Å². The normalized spacial score (nSPS) is 15.5. The van der Waals surface area contributed by atoms with E-state index in [1.54, 1.807) is 13.0 Å². The highest BCUT2D eigenvalue weighted by atomic mass is 35.5. The summed E-state index contributed by atoms with van der Waals surface area (Å²) in [5.74, 6) is 0.406. The third kappa shape index (κ3) is 4.97. The van der Waals surface area contributed by atoms with Crippen molar-refractivity contribution in [2.45, 2.75) is 52.8 Å². The first-order chi connectivity index (χ1) is 8.19. The van der Waals surface area contributed by atoms with Gasteiger partial charge in [-0.15, -0.1) is 11.6 Å². The van der Waals surface area contributed by atoms with Gasteiger partial charge in [0, 0.05) is 0 Å². The Labute approximate surface area is 116 Å². The fourth-order valence-corrected chi connectivity index (χ4v) is 2.92. The second-order valence-electron chi connectivity index (χ2n) is 6.58. The second-order valence-corrected chi connectivity index (χ2v) is 7.11. The molecule has 0 fully saturated rings. The fourth-order valence-electron chi connectivity index (χ4n) is 2.48. The predicted octanol–water partition coefficient (Wildman–Crippen LogP) is 5.88. The van der Waals surface area contributed by atoms with Gasteiger partial charge in [-0.05, 0) is 48.3 Å². The third-order valence-electron chi connectivity index (χ3n) is 3.11. The summed E-state index contributed by atoms with van der Waals surface area (Å²) in [5, 5.41) is -0.0263. The Morgan fingerprint density at radius 2 is 1.89 bits per heavy atom. The molecule has 1 rings (SSSR count). The van der Waals surface area contributed by atoms with Crippen molar-refractivity contribution in [3.63, 3.8) is 0 Å². The molecular weight excluding hydrogens is 247 g/mol. The van der Waals surface area contributed by atoms with Crippen molar-refractivity contribution < 1.29 is 4.39 Å². The lowest BCUT2D eigenvalue weighted by molar-refractivity contribution is 0.295. The molecule has 0 saturated carbocycles. The van der Waals surface area contributed by atoms with E-state index in [1.165, 1.54) is 6.07 Å². The molecule has 0 aliphatic heterocycles. The molecule has 0 aromatic heterocycles. The zero-order chi connectivity index (χ0) is 13.9. The van der Waals surface area contributed by atoms with Gasteiger partial charge >= 0.3 is 0 Å². The summed E-state index contributed by atoms with van der Waals surface area (Å²) in [6.45, 7) is 10.7. The third-order valence-corrected chi connectivity index (χ3v) is 3.54. The van der Waals surface area contributed by atoms with Crippen LogP contribution in [0.5, 0.6) is 0 Å². The van der Waals surface area contributed by atoms with Gasteiger partial charge in [0.05, 0.1) is 5.38 Å². The van der Waals surface area contributed by atoms with Gasteiger partial charge in [0.2, 0.25) is 0 Å². The number of benzene rings is 1. The highest BCUT2D eigenvalue weighted by Crippen LogP contribution is 2.34. The minimum atomic E-state index is -0.162. The number of aryl methyl sites for hydroxylation is 1. The fraction of sp³-hybridized carbons (Fsp3) is 0.625. The lowest BCUT2D eigenvalue weighted by Crippen LogP contribution is -2.12. The van der Waals surface area contributed by atoms with Crippen LogP contribution < -0.4 is 0 Å². The Hall–Kier alpha value is -0.560. The van der Waals surface area contributed by atoms with Crippen LogP contribution in [0.4, 0.5) is 4.39 Å². The molecule has 0 nitrogen and oxygen atoms in total. The smallest absolute Gasteiger partial charge is 0.126 e. The number of alkyl halides is 1. The van der Waals surface area contributed by atoms with Gasteiger partial charge < -0.3 is 0 Å². The zero-order valence-electron chi connectivity index (χ0n) is 12.1. The molecule has 0 aliphatic carbocycles. The Bertz CT molecular complexity index is 393. The van der Waals surface area contributed by atoms with Crippen molar-refractivity contribution in [2.24, 2.45) is 11.3 Å². The van der Waals surface area contributed by atoms with E-state index in [1.807, 2.05) is 6.07 Å². The predicted molar refractivity (Wildman–Crippen MR) is 77.6 cm³/mol. The molecule has 2 atom stereocenters. The summed E-state index contributed by atoms with van der Waals surface area (Å²) in [7, 11) is 0. The summed E-state index contributed by atoms with van der Waals surface area (Å²) in [6.07, 6.45) is 2.08. The molecule has 0 radical (unpaired) electrons. The van der Waals surface area contributed by atoms with Crippen LogP contribution in [0.15, 0.2) is 18.2 Å². The van der Waals surface area contributed by atoms with Gasteiger partial charge in [0.25, 0.3) is 0 Å². The zero-order valence-corrected chi connectivity index (χ0v) is 12.8. The topological polar surface area (TPSA) is 0 Å². The van der Waals surface area contributed by atoms with E-state index in [9.17, 15) is 4.39 Å². The van der Waals surface area contributed by atoms with Gasteiger partial charge in [-0.1, -0.05) is 39.8 Å². The van der Waals surface area contributed by atoms with Crippen molar-refractivity contribution >= 4 is 11.6 Å². The van der Waals surface area contributed by atoms with Gasteiger partial charge in [-0.25, -0.2) is 4.39 Å². The average molecular weight is 271 g/mol. The van der Waals surface area contributed by atoms with Crippen molar-refractivity contribution in [1.82, 2.24) is 0 Å². The van der Waals surface area contributed by atoms with Crippen LogP contribution in [0.3, 0.4) is 0 Å². The van der Waals surface area contributed by atoms with E-state index in [2.05, 4.69) is 27.7 Å². The van der Waals surface area contributed by atoms with Crippen LogP contribution in [0, 0.1) is 24.1 Å². The monoisotopic (exact) mass is 270 g/mol. The molecule has 0 bridgehead atoms.